The molecular weight excluding hydrogens is 278 g/mol. The molecule has 0 bridgehead atoms. The summed E-state index contributed by atoms with van der Waals surface area (Å²) in [7, 11) is 0. The zero-order chi connectivity index (χ0) is 13.4. The molecule has 0 saturated heterocycles. The van der Waals surface area contributed by atoms with Crippen LogP contribution in [0.15, 0.2) is 45.8 Å². The molecule has 0 aliphatic carbocycles. The molecule has 19 heavy (non-hydrogen) atoms. The van der Waals surface area contributed by atoms with E-state index in [2.05, 4.69) is 17.5 Å². The highest BCUT2D eigenvalue weighted by atomic mass is 35.5. The molecular formula is C15H12ClNOS. The van der Waals surface area contributed by atoms with Crippen molar-refractivity contribution >= 4 is 34.3 Å². The molecule has 96 valence electrons. The fourth-order valence-electron chi connectivity index (χ4n) is 2.15. The first-order chi connectivity index (χ1) is 9.19. The Hall–Kier alpha value is -1.45. The van der Waals surface area contributed by atoms with Gasteiger partial charge in [0.25, 0.3) is 0 Å². The number of benzene rings is 2. The molecule has 0 fully saturated rings. The smallest absolute Gasteiger partial charge is 0.168 e. The maximum absolute atomic E-state index is 5.92. The van der Waals surface area contributed by atoms with Crippen LogP contribution in [0.2, 0.25) is 5.02 Å². The number of hydrogen-bond acceptors (Lipinski definition) is 3. The van der Waals surface area contributed by atoms with Crippen LogP contribution in [-0.4, -0.2) is 11.4 Å². The van der Waals surface area contributed by atoms with Gasteiger partial charge in [-0.05, 0) is 48.6 Å². The fourth-order valence-corrected chi connectivity index (χ4v) is 2.97. The van der Waals surface area contributed by atoms with Crippen molar-refractivity contribution in [2.45, 2.75) is 11.8 Å². The Kier molecular flexibility index (Phi) is 3.25. The predicted octanol–water partition coefficient (Wildman–Crippen LogP) is 5.18. The quantitative estimate of drug-likeness (QED) is 0.608. The molecule has 1 aromatic heterocycles. The van der Waals surface area contributed by atoms with E-state index in [0.29, 0.717) is 0 Å². The molecule has 0 aliphatic heterocycles. The van der Waals surface area contributed by atoms with Gasteiger partial charge in [-0.15, -0.1) is 11.8 Å². The summed E-state index contributed by atoms with van der Waals surface area (Å²) in [6.45, 7) is 1.97. The number of fused-ring (bicyclic) bond motifs is 1. The molecule has 2 nitrogen and oxygen atoms in total. The summed E-state index contributed by atoms with van der Waals surface area (Å²) in [4.78, 5) is 1.18. The topological polar surface area (TPSA) is 26.0 Å². The lowest BCUT2D eigenvalue weighted by molar-refractivity contribution is 0.450. The Balaban J connectivity index is 2.22. The number of thioether (sulfide) groups is 1. The van der Waals surface area contributed by atoms with Crippen LogP contribution in [0.5, 0.6) is 0 Å². The van der Waals surface area contributed by atoms with Crippen LogP contribution in [-0.2, 0) is 0 Å². The monoisotopic (exact) mass is 289 g/mol. The van der Waals surface area contributed by atoms with E-state index >= 15 is 0 Å². The third-order valence-electron chi connectivity index (χ3n) is 3.11. The molecule has 0 saturated carbocycles. The maximum atomic E-state index is 5.92. The summed E-state index contributed by atoms with van der Waals surface area (Å²) in [5, 5.41) is 5.89. The molecule has 0 aliphatic rings. The van der Waals surface area contributed by atoms with Gasteiger partial charge in [0.05, 0.1) is 11.1 Å². The summed E-state index contributed by atoms with van der Waals surface area (Å²) >= 11 is 7.63. The second kappa shape index (κ2) is 4.91. The average molecular weight is 290 g/mol. The number of aryl methyl sites for hydroxylation is 1. The zero-order valence-electron chi connectivity index (χ0n) is 10.6. The number of nitrogens with zero attached hydrogens (tertiary/aromatic N) is 1. The molecule has 3 aromatic rings. The second-order valence-corrected chi connectivity index (χ2v) is 5.61. The zero-order valence-corrected chi connectivity index (χ0v) is 12.2. The van der Waals surface area contributed by atoms with Gasteiger partial charge in [-0.2, -0.15) is 0 Å². The molecule has 0 radical (unpaired) electrons. The summed E-state index contributed by atoms with van der Waals surface area (Å²) in [5.74, 6) is 0. The van der Waals surface area contributed by atoms with Crippen LogP contribution in [0.25, 0.3) is 22.1 Å². The second-order valence-electron chi connectivity index (χ2n) is 4.33. The summed E-state index contributed by atoms with van der Waals surface area (Å²) in [6, 6.07) is 12.0. The van der Waals surface area contributed by atoms with Gasteiger partial charge in [0.1, 0.15) is 0 Å². The molecule has 1 heterocycles. The third-order valence-corrected chi connectivity index (χ3v) is 4.12. The first-order valence-electron chi connectivity index (χ1n) is 5.89. The van der Waals surface area contributed by atoms with E-state index < -0.39 is 0 Å². The van der Waals surface area contributed by atoms with Crippen molar-refractivity contribution in [1.29, 1.82) is 0 Å². The lowest BCUT2D eigenvalue weighted by atomic mass is 10.0. The van der Waals surface area contributed by atoms with Crippen LogP contribution < -0.4 is 0 Å². The number of rotatable bonds is 2. The normalized spacial score (nSPS) is 11.1. The van der Waals surface area contributed by atoms with Gasteiger partial charge in [0, 0.05) is 9.92 Å². The fraction of sp³-hybridized carbons (Fsp3) is 0.133. The number of halogens is 1. The predicted molar refractivity (Wildman–Crippen MR) is 81.0 cm³/mol. The van der Waals surface area contributed by atoms with Crippen LogP contribution in [0.4, 0.5) is 0 Å². The van der Waals surface area contributed by atoms with Crippen molar-refractivity contribution in [1.82, 2.24) is 5.16 Å². The molecule has 0 N–H and O–H groups in total. The molecule has 2 aromatic carbocycles. The van der Waals surface area contributed by atoms with Crippen molar-refractivity contribution in [3.05, 3.63) is 47.1 Å². The summed E-state index contributed by atoms with van der Waals surface area (Å²) in [6.07, 6.45) is 2.06. The van der Waals surface area contributed by atoms with Crippen molar-refractivity contribution in [2.24, 2.45) is 0 Å². The van der Waals surface area contributed by atoms with E-state index in [1.54, 1.807) is 11.8 Å². The van der Waals surface area contributed by atoms with Gasteiger partial charge >= 0.3 is 0 Å². The van der Waals surface area contributed by atoms with Crippen molar-refractivity contribution < 1.29 is 4.52 Å². The Bertz CT molecular complexity index is 734. The van der Waals surface area contributed by atoms with Crippen LogP contribution in [0, 0.1) is 6.92 Å². The Morgan fingerprint density at radius 3 is 2.53 bits per heavy atom. The average Bonchev–Trinajstić information content (AvgIpc) is 2.80. The third kappa shape index (κ3) is 2.24. The largest absolute Gasteiger partial charge is 0.356 e. The van der Waals surface area contributed by atoms with Gasteiger partial charge in [-0.25, -0.2) is 0 Å². The Morgan fingerprint density at radius 2 is 1.84 bits per heavy atom. The SMILES string of the molecule is CSc1cc(-c2ccc(Cl)cc2)cc2onc(C)c12. The molecule has 0 amide bonds. The van der Waals surface area contributed by atoms with E-state index in [-0.39, 0.29) is 0 Å². The van der Waals surface area contributed by atoms with Crippen molar-refractivity contribution in [2.75, 3.05) is 6.26 Å². The minimum absolute atomic E-state index is 0.741. The lowest BCUT2D eigenvalue weighted by Crippen LogP contribution is -1.82. The van der Waals surface area contributed by atoms with Gasteiger partial charge in [0.15, 0.2) is 5.58 Å². The van der Waals surface area contributed by atoms with Crippen LogP contribution >= 0.6 is 23.4 Å². The van der Waals surface area contributed by atoms with E-state index in [9.17, 15) is 0 Å². The minimum Gasteiger partial charge on any atom is -0.356 e. The molecule has 4 heteroatoms. The standard InChI is InChI=1S/C15H12ClNOS/c1-9-15-13(18-17-9)7-11(8-14(15)19-2)10-3-5-12(16)6-4-10/h3-8H,1-2H3. The molecule has 3 rings (SSSR count). The van der Waals surface area contributed by atoms with Crippen molar-refractivity contribution in [3.63, 3.8) is 0 Å². The highest BCUT2D eigenvalue weighted by Gasteiger charge is 2.12. The van der Waals surface area contributed by atoms with E-state index in [0.717, 1.165) is 32.8 Å². The summed E-state index contributed by atoms with van der Waals surface area (Å²) < 4.78 is 5.39. The van der Waals surface area contributed by atoms with Gasteiger partial charge in [-0.1, -0.05) is 28.9 Å². The van der Waals surface area contributed by atoms with Gasteiger partial charge in [-0.3, -0.25) is 0 Å². The van der Waals surface area contributed by atoms with Gasteiger partial charge < -0.3 is 4.52 Å². The van der Waals surface area contributed by atoms with E-state index in [1.165, 1.54) is 4.90 Å². The maximum Gasteiger partial charge on any atom is 0.168 e. The molecule has 0 unspecified atom stereocenters. The lowest BCUT2D eigenvalue weighted by Gasteiger charge is -2.05. The highest BCUT2D eigenvalue weighted by molar-refractivity contribution is 7.98. The first kappa shape index (κ1) is 12.6. The van der Waals surface area contributed by atoms with E-state index in [1.807, 2.05) is 37.3 Å². The van der Waals surface area contributed by atoms with Crippen molar-refractivity contribution in [3.8, 4) is 11.1 Å². The molecule has 0 atom stereocenters. The Labute approximate surface area is 120 Å². The van der Waals surface area contributed by atoms with E-state index in [4.69, 9.17) is 16.1 Å². The molecule has 0 spiro atoms. The number of aromatic nitrogens is 1. The van der Waals surface area contributed by atoms with Gasteiger partial charge in [0.2, 0.25) is 0 Å². The minimum atomic E-state index is 0.741. The van der Waals surface area contributed by atoms with Crippen LogP contribution in [0.3, 0.4) is 0 Å². The highest BCUT2D eigenvalue weighted by Crippen LogP contribution is 2.34. The Morgan fingerprint density at radius 1 is 1.11 bits per heavy atom. The summed E-state index contributed by atoms with van der Waals surface area (Å²) in [5.41, 5.74) is 4.00. The first-order valence-corrected chi connectivity index (χ1v) is 7.49. The van der Waals surface area contributed by atoms with Crippen LogP contribution in [0.1, 0.15) is 5.69 Å². The number of hydrogen-bond donors (Lipinski definition) is 0.